The predicted molar refractivity (Wildman–Crippen MR) is 103 cm³/mol. The highest BCUT2D eigenvalue weighted by atomic mass is 32.2. The number of aryl methyl sites for hydroxylation is 1. The number of carbonyl (C=O) groups excluding carboxylic acids is 1. The fourth-order valence-electron chi connectivity index (χ4n) is 2.64. The van der Waals surface area contributed by atoms with Gasteiger partial charge in [-0.05, 0) is 30.0 Å². The van der Waals surface area contributed by atoms with Gasteiger partial charge in [-0.15, -0.1) is 11.3 Å². The number of aromatic nitrogens is 2. The Kier molecular flexibility index (Phi) is 5.40. The van der Waals surface area contributed by atoms with E-state index in [0.717, 1.165) is 33.1 Å². The maximum Gasteiger partial charge on any atom is 0.252 e. The lowest BCUT2D eigenvalue weighted by Crippen LogP contribution is -2.35. The van der Waals surface area contributed by atoms with Gasteiger partial charge in [0.2, 0.25) is 11.9 Å². The summed E-state index contributed by atoms with van der Waals surface area (Å²) >= 11 is 1.12. The van der Waals surface area contributed by atoms with Gasteiger partial charge < -0.3 is 4.57 Å². The fraction of sp³-hybridized carbons (Fsp3) is 0.294. The minimum atomic E-state index is -3.66. The lowest BCUT2D eigenvalue weighted by atomic mass is 10.3. The van der Waals surface area contributed by atoms with Gasteiger partial charge in [-0.2, -0.15) is 4.31 Å². The molecule has 138 valence electrons. The molecule has 0 saturated carbocycles. The maximum atomic E-state index is 12.4. The number of benzene rings is 1. The second-order valence-electron chi connectivity index (χ2n) is 5.82. The Hall–Kier alpha value is -2.23. The summed E-state index contributed by atoms with van der Waals surface area (Å²) in [4.78, 5) is 16.9. The molecule has 0 aliphatic carbocycles. The summed E-state index contributed by atoms with van der Waals surface area (Å²) in [5, 5.41) is 4.43. The number of fused-ring (bicyclic) bond motifs is 1. The zero-order chi connectivity index (χ0) is 18.7. The number of anilines is 1. The Labute approximate surface area is 156 Å². The average Bonchev–Trinajstić information content (AvgIpc) is 3.24. The highest BCUT2D eigenvalue weighted by Crippen LogP contribution is 2.21. The Morgan fingerprint density at radius 2 is 2.04 bits per heavy atom. The summed E-state index contributed by atoms with van der Waals surface area (Å²) < 4.78 is 28.0. The highest BCUT2D eigenvalue weighted by Gasteiger charge is 2.24. The second-order valence-corrected chi connectivity index (χ2v) is 9.04. The van der Waals surface area contributed by atoms with Crippen LogP contribution in [0.15, 0.2) is 46.0 Å². The molecule has 0 radical (unpaired) electrons. The Morgan fingerprint density at radius 3 is 2.73 bits per heavy atom. The van der Waals surface area contributed by atoms with Crippen molar-refractivity contribution in [3.05, 3.63) is 41.8 Å². The Balaban J connectivity index is 1.78. The van der Waals surface area contributed by atoms with Crippen molar-refractivity contribution in [2.75, 3.05) is 18.9 Å². The number of hydrogen-bond donors (Lipinski definition) is 1. The van der Waals surface area contributed by atoms with E-state index in [-0.39, 0.29) is 10.8 Å². The number of rotatable bonds is 7. The molecule has 0 aliphatic heterocycles. The molecule has 0 fully saturated rings. The molecule has 1 N–H and O–H groups in total. The number of sulfonamides is 1. The van der Waals surface area contributed by atoms with Crippen LogP contribution >= 0.6 is 11.3 Å². The van der Waals surface area contributed by atoms with Crippen LogP contribution in [0.3, 0.4) is 0 Å². The predicted octanol–water partition coefficient (Wildman–Crippen LogP) is 2.77. The summed E-state index contributed by atoms with van der Waals surface area (Å²) in [6.45, 7) is 2.47. The zero-order valence-electron chi connectivity index (χ0n) is 14.5. The zero-order valence-corrected chi connectivity index (χ0v) is 16.2. The summed E-state index contributed by atoms with van der Waals surface area (Å²) in [7, 11) is -2.27. The van der Waals surface area contributed by atoms with Gasteiger partial charge in [0.05, 0.1) is 17.6 Å². The van der Waals surface area contributed by atoms with E-state index in [1.807, 2.05) is 35.8 Å². The van der Waals surface area contributed by atoms with Crippen LogP contribution in [-0.2, 0) is 21.4 Å². The SMILES string of the molecule is CCCn1c(NC(=O)CN(C)S(=O)(=O)c2cccs2)nc2ccccc21. The molecule has 3 rings (SSSR count). The Morgan fingerprint density at radius 1 is 1.27 bits per heavy atom. The molecule has 9 heteroatoms. The van der Waals surface area contributed by atoms with Gasteiger partial charge in [-0.25, -0.2) is 13.4 Å². The molecule has 26 heavy (non-hydrogen) atoms. The van der Waals surface area contributed by atoms with Crippen molar-refractivity contribution in [2.24, 2.45) is 0 Å². The molecule has 1 aromatic carbocycles. The first kappa shape index (κ1) is 18.6. The number of likely N-dealkylation sites (N-methyl/N-ethyl adjacent to an activating group) is 1. The monoisotopic (exact) mass is 392 g/mol. The van der Waals surface area contributed by atoms with Gasteiger partial charge in [-0.1, -0.05) is 25.1 Å². The number of hydrogen-bond acceptors (Lipinski definition) is 5. The number of nitrogens with zero attached hydrogens (tertiary/aromatic N) is 3. The second kappa shape index (κ2) is 7.56. The molecule has 0 atom stereocenters. The van der Waals surface area contributed by atoms with Gasteiger partial charge in [0.1, 0.15) is 4.21 Å². The molecule has 7 nitrogen and oxygen atoms in total. The molecule has 3 aromatic rings. The van der Waals surface area contributed by atoms with E-state index < -0.39 is 15.9 Å². The highest BCUT2D eigenvalue weighted by molar-refractivity contribution is 7.91. The first-order chi connectivity index (χ1) is 12.4. The van der Waals surface area contributed by atoms with Crippen LogP contribution in [0.4, 0.5) is 5.95 Å². The van der Waals surface area contributed by atoms with Gasteiger partial charge in [0, 0.05) is 13.6 Å². The van der Waals surface area contributed by atoms with Crippen molar-refractivity contribution in [1.82, 2.24) is 13.9 Å². The van der Waals surface area contributed by atoms with E-state index in [4.69, 9.17) is 0 Å². The summed E-state index contributed by atoms with van der Waals surface area (Å²) in [5.74, 6) is 0.000242. The van der Waals surface area contributed by atoms with Crippen molar-refractivity contribution >= 4 is 44.2 Å². The molecule has 2 heterocycles. The van der Waals surface area contributed by atoms with E-state index in [9.17, 15) is 13.2 Å². The third-order valence-corrected chi connectivity index (χ3v) is 7.06. The van der Waals surface area contributed by atoms with E-state index in [0.29, 0.717) is 12.5 Å². The smallest absolute Gasteiger partial charge is 0.252 e. The molecule has 0 saturated heterocycles. The summed E-state index contributed by atoms with van der Waals surface area (Å²) in [6, 6.07) is 10.8. The van der Waals surface area contributed by atoms with Gasteiger partial charge in [-0.3, -0.25) is 10.1 Å². The van der Waals surface area contributed by atoms with Gasteiger partial charge in [0.25, 0.3) is 10.0 Å². The lowest BCUT2D eigenvalue weighted by molar-refractivity contribution is -0.116. The Bertz CT molecular complexity index is 1010. The number of thiophene rings is 1. The molecule has 0 unspecified atom stereocenters. The largest absolute Gasteiger partial charge is 0.310 e. The van der Waals surface area contributed by atoms with E-state index in [1.54, 1.807) is 11.4 Å². The first-order valence-electron chi connectivity index (χ1n) is 8.18. The minimum absolute atomic E-state index is 0.214. The normalized spacial score (nSPS) is 12.0. The van der Waals surface area contributed by atoms with Crippen LogP contribution in [0.2, 0.25) is 0 Å². The molecule has 0 spiro atoms. The fourth-order valence-corrected chi connectivity index (χ4v) is 4.96. The quantitative estimate of drug-likeness (QED) is 0.670. The van der Waals surface area contributed by atoms with Crippen LogP contribution in [0.25, 0.3) is 11.0 Å². The molecule has 2 aromatic heterocycles. The van der Waals surface area contributed by atoms with Gasteiger partial charge in [0.15, 0.2) is 0 Å². The average molecular weight is 393 g/mol. The van der Waals surface area contributed by atoms with Crippen molar-refractivity contribution in [2.45, 2.75) is 24.1 Å². The van der Waals surface area contributed by atoms with Crippen LogP contribution in [0.5, 0.6) is 0 Å². The topological polar surface area (TPSA) is 84.3 Å². The molecular weight excluding hydrogens is 372 g/mol. The lowest BCUT2D eigenvalue weighted by Gasteiger charge is -2.16. The number of nitrogens with one attached hydrogen (secondary N) is 1. The van der Waals surface area contributed by atoms with E-state index in [1.165, 1.54) is 13.1 Å². The van der Waals surface area contributed by atoms with Crippen molar-refractivity contribution in [3.63, 3.8) is 0 Å². The number of amides is 1. The number of para-hydroxylation sites is 2. The van der Waals surface area contributed by atoms with Crippen molar-refractivity contribution < 1.29 is 13.2 Å². The molecule has 0 aliphatic rings. The standard InChI is InChI=1S/C17H20N4O3S2/c1-3-10-21-14-8-5-4-7-13(14)18-17(21)19-15(22)12-20(2)26(23,24)16-9-6-11-25-16/h4-9,11H,3,10,12H2,1-2H3,(H,18,19,22). The maximum absolute atomic E-state index is 12.4. The van der Waals surface area contributed by atoms with Crippen LogP contribution in [0.1, 0.15) is 13.3 Å². The van der Waals surface area contributed by atoms with Crippen molar-refractivity contribution in [1.29, 1.82) is 0 Å². The first-order valence-corrected chi connectivity index (χ1v) is 10.5. The van der Waals surface area contributed by atoms with Crippen LogP contribution in [-0.4, -0.2) is 41.8 Å². The van der Waals surface area contributed by atoms with Crippen molar-refractivity contribution in [3.8, 4) is 0 Å². The van der Waals surface area contributed by atoms with Gasteiger partial charge >= 0.3 is 0 Å². The number of carbonyl (C=O) groups is 1. The number of imidazole rings is 1. The molecule has 1 amide bonds. The summed E-state index contributed by atoms with van der Waals surface area (Å²) in [5.41, 5.74) is 1.72. The van der Waals surface area contributed by atoms with Crippen LogP contribution < -0.4 is 5.32 Å². The molecular formula is C17H20N4O3S2. The third kappa shape index (κ3) is 3.64. The minimum Gasteiger partial charge on any atom is -0.310 e. The molecule has 0 bridgehead atoms. The summed E-state index contributed by atoms with van der Waals surface area (Å²) in [6.07, 6.45) is 0.885. The third-order valence-electron chi connectivity index (χ3n) is 3.88. The van der Waals surface area contributed by atoms with E-state index in [2.05, 4.69) is 10.3 Å². The van der Waals surface area contributed by atoms with E-state index >= 15 is 0 Å². The van der Waals surface area contributed by atoms with Crippen LogP contribution in [0, 0.1) is 0 Å².